The molecule has 0 fully saturated rings. The second kappa shape index (κ2) is 7.80. The SMILES string of the molecule is COC(=O)c1cc(OC)c2ccc(CCCON)cc2c1OC. The van der Waals surface area contributed by atoms with Crippen molar-refractivity contribution in [1.29, 1.82) is 0 Å². The first-order valence-electron chi connectivity index (χ1n) is 7.23. The molecule has 0 unspecified atom stereocenters. The smallest absolute Gasteiger partial charge is 0.341 e. The molecular weight excluding hydrogens is 298 g/mol. The molecule has 0 atom stereocenters. The molecule has 2 N–H and O–H groups in total. The van der Waals surface area contributed by atoms with E-state index in [4.69, 9.17) is 20.1 Å². The molecule has 0 saturated heterocycles. The van der Waals surface area contributed by atoms with Crippen molar-refractivity contribution in [3.63, 3.8) is 0 Å². The Morgan fingerprint density at radius 2 is 1.87 bits per heavy atom. The van der Waals surface area contributed by atoms with Crippen LogP contribution in [0.5, 0.6) is 11.5 Å². The zero-order chi connectivity index (χ0) is 16.8. The van der Waals surface area contributed by atoms with Crippen molar-refractivity contribution in [2.24, 2.45) is 5.90 Å². The van der Waals surface area contributed by atoms with E-state index in [0.717, 1.165) is 29.2 Å². The predicted molar refractivity (Wildman–Crippen MR) is 86.9 cm³/mol. The van der Waals surface area contributed by atoms with Crippen LogP contribution in [0.4, 0.5) is 0 Å². The second-order valence-electron chi connectivity index (χ2n) is 5.01. The van der Waals surface area contributed by atoms with Gasteiger partial charge in [0.2, 0.25) is 0 Å². The summed E-state index contributed by atoms with van der Waals surface area (Å²) in [6.45, 7) is 0.487. The van der Waals surface area contributed by atoms with Gasteiger partial charge >= 0.3 is 5.97 Å². The molecule has 124 valence electrons. The van der Waals surface area contributed by atoms with Crippen LogP contribution < -0.4 is 15.4 Å². The fraction of sp³-hybridized carbons (Fsp3) is 0.353. The van der Waals surface area contributed by atoms with Crippen LogP contribution in [0, 0.1) is 0 Å². The molecular formula is C17H21NO5. The molecule has 0 aliphatic rings. The Morgan fingerprint density at radius 3 is 2.48 bits per heavy atom. The average molecular weight is 319 g/mol. The van der Waals surface area contributed by atoms with Crippen LogP contribution in [-0.4, -0.2) is 33.9 Å². The number of benzene rings is 2. The highest BCUT2D eigenvalue weighted by Gasteiger charge is 2.19. The van der Waals surface area contributed by atoms with Crippen LogP contribution in [-0.2, 0) is 16.0 Å². The Bertz CT molecular complexity index is 699. The van der Waals surface area contributed by atoms with Crippen molar-refractivity contribution in [1.82, 2.24) is 0 Å². The molecule has 0 spiro atoms. The van der Waals surface area contributed by atoms with Crippen LogP contribution in [0.1, 0.15) is 22.3 Å². The number of hydrogen-bond donors (Lipinski definition) is 1. The molecule has 0 aromatic heterocycles. The van der Waals surface area contributed by atoms with Gasteiger partial charge < -0.3 is 19.0 Å². The molecule has 2 rings (SSSR count). The van der Waals surface area contributed by atoms with E-state index in [1.54, 1.807) is 13.2 Å². The Labute approximate surface area is 135 Å². The van der Waals surface area contributed by atoms with Gasteiger partial charge in [0.05, 0.1) is 27.9 Å². The minimum Gasteiger partial charge on any atom is -0.496 e. The third-order valence-corrected chi connectivity index (χ3v) is 3.67. The lowest BCUT2D eigenvalue weighted by Gasteiger charge is -2.15. The van der Waals surface area contributed by atoms with Crippen LogP contribution in [0.25, 0.3) is 10.8 Å². The molecule has 0 heterocycles. The third kappa shape index (κ3) is 3.55. The van der Waals surface area contributed by atoms with E-state index in [1.165, 1.54) is 14.2 Å². The van der Waals surface area contributed by atoms with Crippen molar-refractivity contribution in [3.05, 3.63) is 35.4 Å². The third-order valence-electron chi connectivity index (χ3n) is 3.67. The van der Waals surface area contributed by atoms with Gasteiger partial charge in [-0.25, -0.2) is 10.7 Å². The number of fused-ring (bicyclic) bond motifs is 1. The standard InChI is InChI=1S/C17H21NO5/c1-20-15-10-14(17(19)22-3)16(21-2)13-9-11(5-4-8-23-18)6-7-12(13)15/h6-7,9-10H,4-5,8,18H2,1-3H3. The van der Waals surface area contributed by atoms with Gasteiger partial charge in [-0.3, -0.25) is 0 Å². The van der Waals surface area contributed by atoms with E-state index in [9.17, 15) is 4.79 Å². The van der Waals surface area contributed by atoms with Gasteiger partial charge in [0, 0.05) is 10.8 Å². The summed E-state index contributed by atoms with van der Waals surface area (Å²) >= 11 is 0. The first-order chi connectivity index (χ1) is 11.2. The van der Waals surface area contributed by atoms with Gasteiger partial charge in [0.25, 0.3) is 0 Å². The van der Waals surface area contributed by atoms with Gasteiger partial charge in [-0.15, -0.1) is 0 Å². The van der Waals surface area contributed by atoms with Crippen molar-refractivity contribution < 1.29 is 23.8 Å². The lowest BCUT2D eigenvalue weighted by molar-refractivity contribution is 0.0597. The Hall–Kier alpha value is -2.31. The van der Waals surface area contributed by atoms with Gasteiger partial charge in [0.1, 0.15) is 17.1 Å². The normalized spacial score (nSPS) is 10.6. The number of methoxy groups -OCH3 is 3. The molecule has 2 aromatic carbocycles. The summed E-state index contributed by atoms with van der Waals surface area (Å²) < 4.78 is 15.7. The van der Waals surface area contributed by atoms with E-state index < -0.39 is 5.97 Å². The number of esters is 1. The summed E-state index contributed by atoms with van der Waals surface area (Å²) in [5, 5.41) is 1.68. The van der Waals surface area contributed by atoms with Gasteiger partial charge in [-0.2, -0.15) is 0 Å². The van der Waals surface area contributed by atoms with Crippen molar-refractivity contribution in [3.8, 4) is 11.5 Å². The maximum absolute atomic E-state index is 12.0. The minimum absolute atomic E-state index is 0.335. The molecule has 0 aliphatic carbocycles. The van der Waals surface area contributed by atoms with Crippen LogP contribution in [0.3, 0.4) is 0 Å². The molecule has 6 nitrogen and oxygen atoms in total. The molecule has 0 radical (unpaired) electrons. The van der Waals surface area contributed by atoms with Crippen molar-refractivity contribution >= 4 is 16.7 Å². The first-order valence-corrected chi connectivity index (χ1v) is 7.23. The van der Waals surface area contributed by atoms with Crippen molar-refractivity contribution in [2.45, 2.75) is 12.8 Å². The summed E-state index contributed by atoms with van der Waals surface area (Å²) in [5.74, 6) is 5.65. The largest absolute Gasteiger partial charge is 0.496 e. The van der Waals surface area contributed by atoms with E-state index in [2.05, 4.69) is 4.84 Å². The number of aryl methyl sites for hydroxylation is 1. The number of nitrogens with two attached hydrogens (primary N) is 1. The Balaban J connectivity index is 2.59. The van der Waals surface area contributed by atoms with E-state index in [1.807, 2.05) is 18.2 Å². The average Bonchev–Trinajstić information content (AvgIpc) is 2.59. The van der Waals surface area contributed by atoms with Gasteiger partial charge in [-0.05, 0) is 30.5 Å². The predicted octanol–water partition coefficient (Wildman–Crippen LogP) is 2.47. The summed E-state index contributed by atoms with van der Waals surface area (Å²) in [6.07, 6.45) is 1.61. The molecule has 2 aromatic rings. The maximum atomic E-state index is 12.0. The van der Waals surface area contributed by atoms with Gasteiger partial charge in [0.15, 0.2) is 0 Å². The first kappa shape index (κ1) is 17.1. The topological polar surface area (TPSA) is 80.0 Å². The number of hydrogen-bond acceptors (Lipinski definition) is 6. The number of ether oxygens (including phenoxy) is 3. The van der Waals surface area contributed by atoms with E-state index in [0.29, 0.717) is 23.7 Å². The van der Waals surface area contributed by atoms with E-state index in [-0.39, 0.29) is 0 Å². The number of rotatable bonds is 7. The Morgan fingerprint density at radius 1 is 1.09 bits per heavy atom. The summed E-state index contributed by atoms with van der Waals surface area (Å²) in [6, 6.07) is 7.59. The lowest BCUT2D eigenvalue weighted by atomic mass is 9.99. The van der Waals surface area contributed by atoms with Crippen LogP contribution in [0.2, 0.25) is 0 Å². The maximum Gasteiger partial charge on any atom is 0.341 e. The zero-order valence-corrected chi connectivity index (χ0v) is 13.5. The highest BCUT2D eigenvalue weighted by atomic mass is 16.6. The van der Waals surface area contributed by atoms with E-state index >= 15 is 0 Å². The highest BCUT2D eigenvalue weighted by molar-refractivity contribution is 6.04. The number of carbonyl (C=O) groups is 1. The van der Waals surface area contributed by atoms with Crippen LogP contribution in [0.15, 0.2) is 24.3 Å². The lowest BCUT2D eigenvalue weighted by Crippen LogP contribution is -2.06. The molecule has 6 heteroatoms. The molecule has 0 bridgehead atoms. The summed E-state index contributed by atoms with van der Waals surface area (Å²) in [4.78, 5) is 16.6. The summed E-state index contributed by atoms with van der Waals surface area (Å²) in [7, 11) is 4.43. The Kier molecular flexibility index (Phi) is 5.78. The van der Waals surface area contributed by atoms with Gasteiger partial charge in [-0.1, -0.05) is 12.1 Å². The quantitative estimate of drug-likeness (QED) is 0.480. The zero-order valence-electron chi connectivity index (χ0n) is 13.5. The molecule has 0 aliphatic heterocycles. The molecule has 0 amide bonds. The van der Waals surface area contributed by atoms with Crippen LogP contribution >= 0.6 is 0 Å². The highest BCUT2D eigenvalue weighted by Crippen LogP contribution is 2.37. The second-order valence-corrected chi connectivity index (χ2v) is 5.01. The monoisotopic (exact) mass is 319 g/mol. The fourth-order valence-corrected chi connectivity index (χ4v) is 2.58. The van der Waals surface area contributed by atoms with Crippen molar-refractivity contribution in [2.75, 3.05) is 27.9 Å². The number of carbonyl (C=O) groups excluding carboxylic acids is 1. The molecule has 23 heavy (non-hydrogen) atoms. The minimum atomic E-state index is -0.469. The molecule has 0 saturated carbocycles. The fourth-order valence-electron chi connectivity index (χ4n) is 2.58. The summed E-state index contributed by atoms with van der Waals surface area (Å²) in [5.41, 5.74) is 1.43.